The Morgan fingerprint density at radius 1 is 1.21 bits per heavy atom. The first-order valence-electron chi connectivity index (χ1n) is 5.59. The topological polar surface area (TPSA) is 40.9 Å². The van der Waals surface area contributed by atoms with Gasteiger partial charge in [0.25, 0.3) is 0 Å². The number of hydrogen-bond donors (Lipinski definition) is 0. The van der Waals surface area contributed by atoms with E-state index in [4.69, 9.17) is 5.26 Å². The second-order valence-electron chi connectivity index (χ2n) is 3.91. The zero-order valence-corrected chi connectivity index (χ0v) is 11.0. The molecule has 2 aromatic rings. The summed E-state index contributed by atoms with van der Waals surface area (Å²) in [6, 6.07) is 13.2. The molecule has 0 heterocycles. The van der Waals surface area contributed by atoms with E-state index in [1.54, 1.807) is 36.4 Å². The van der Waals surface area contributed by atoms with Crippen molar-refractivity contribution in [3.8, 4) is 6.07 Å². The van der Waals surface area contributed by atoms with Gasteiger partial charge in [0, 0.05) is 15.4 Å². The van der Waals surface area contributed by atoms with Crippen molar-refractivity contribution in [3.05, 3.63) is 59.4 Å². The highest BCUT2D eigenvalue weighted by Gasteiger charge is 2.11. The van der Waals surface area contributed by atoms with E-state index < -0.39 is 0 Å². The third-order valence-electron chi connectivity index (χ3n) is 2.55. The summed E-state index contributed by atoms with van der Waals surface area (Å²) < 4.78 is 13.6. The van der Waals surface area contributed by atoms with E-state index in [1.165, 1.54) is 13.0 Å². The van der Waals surface area contributed by atoms with Gasteiger partial charge in [0.05, 0.1) is 11.6 Å². The van der Waals surface area contributed by atoms with Crippen molar-refractivity contribution in [1.82, 2.24) is 0 Å². The molecule has 0 radical (unpaired) electrons. The standard InChI is InChI=1S/C15H10FNOS/c1-10(18)12-7-6-11(9-17)8-15(12)19-14-5-3-2-4-13(14)16/h2-8H,1H3. The number of halogens is 1. The number of benzene rings is 2. The minimum absolute atomic E-state index is 0.108. The molecule has 0 fully saturated rings. The number of ketones is 1. The third kappa shape index (κ3) is 3.01. The van der Waals surface area contributed by atoms with Crippen molar-refractivity contribution < 1.29 is 9.18 Å². The smallest absolute Gasteiger partial charge is 0.160 e. The van der Waals surface area contributed by atoms with Crippen LogP contribution in [0.3, 0.4) is 0 Å². The maximum absolute atomic E-state index is 13.6. The highest BCUT2D eigenvalue weighted by molar-refractivity contribution is 7.99. The number of carbonyl (C=O) groups excluding carboxylic acids is 1. The van der Waals surface area contributed by atoms with Gasteiger partial charge in [-0.2, -0.15) is 5.26 Å². The number of Topliss-reactive ketones (excluding diaryl/α,β-unsaturated/α-hetero) is 1. The lowest BCUT2D eigenvalue weighted by molar-refractivity contribution is 0.101. The summed E-state index contributed by atoms with van der Waals surface area (Å²) in [4.78, 5) is 12.6. The van der Waals surface area contributed by atoms with Gasteiger partial charge in [-0.15, -0.1) is 0 Å². The zero-order chi connectivity index (χ0) is 13.8. The van der Waals surface area contributed by atoms with Crippen molar-refractivity contribution >= 4 is 17.5 Å². The second-order valence-corrected chi connectivity index (χ2v) is 5.00. The van der Waals surface area contributed by atoms with Crippen LogP contribution in [-0.4, -0.2) is 5.78 Å². The number of nitriles is 1. The lowest BCUT2D eigenvalue weighted by atomic mass is 10.1. The molecule has 0 aliphatic heterocycles. The molecule has 19 heavy (non-hydrogen) atoms. The predicted octanol–water partition coefficient (Wildman–Crippen LogP) is 4.05. The summed E-state index contributed by atoms with van der Waals surface area (Å²) in [7, 11) is 0. The fourth-order valence-electron chi connectivity index (χ4n) is 1.61. The maximum atomic E-state index is 13.6. The summed E-state index contributed by atoms with van der Waals surface area (Å²) in [6.45, 7) is 1.45. The molecule has 0 atom stereocenters. The van der Waals surface area contributed by atoms with Crippen LogP contribution in [0.5, 0.6) is 0 Å². The van der Waals surface area contributed by atoms with Crippen LogP contribution in [0.15, 0.2) is 52.3 Å². The van der Waals surface area contributed by atoms with Gasteiger partial charge in [-0.3, -0.25) is 4.79 Å². The minimum Gasteiger partial charge on any atom is -0.294 e. The molecule has 94 valence electrons. The van der Waals surface area contributed by atoms with Gasteiger partial charge in [0.2, 0.25) is 0 Å². The Labute approximate surface area is 114 Å². The summed E-state index contributed by atoms with van der Waals surface area (Å²) in [5, 5.41) is 8.89. The SMILES string of the molecule is CC(=O)c1ccc(C#N)cc1Sc1ccccc1F. The Morgan fingerprint density at radius 2 is 1.95 bits per heavy atom. The summed E-state index contributed by atoms with van der Waals surface area (Å²) >= 11 is 1.15. The number of hydrogen-bond acceptors (Lipinski definition) is 3. The molecular weight excluding hydrogens is 261 g/mol. The average Bonchev–Trinajstić information content (AvgIpc) is 2.41. The van der Waals surface area contributed by atoms with Crippen LogP contribution < -0.4 is 0 Å². The second kappa shape index (κ2) is 5.68. The van der Waals surface area contributed by atoms with E-state index in [0.29, 0.717) is 20.9 Å². The summed E-state index contributed by atoms with van der Waals surface area (Å²) in [5.41, 5.74) is 0.941. The number of rotatable bonds is 3. The van der Waals surface area contributed by atoms with E-state index >= 15 is 0 Å². The van der Waals surface area contributed by atoms with E-state index in [-0.39, 0.29) is 11.6 Å². The van der Waals surface area contributed by atoms with Crippen molar-refractivity contribution in [2.24, 2.45) is 0 Å². The molecule has 0 N–H and O–H groups in total. The molecule has 0 aromatic heterocycles. The van der Waals surface area contributed by atoms with Crippen molar-refractivity contribution in [1.29, 1.82) is 5.26 Å². The first kappa shape index (κ1) is 13.3. The quantitative estimate of drug-likeness (QED) is 0.791. The first-order valence-corrected chi connectivity index (χ1v) is 6.41. The molecule has 2 rings (SSSR count). The summed E-state index contributed by atoms with van der Waals surface area (Å²) in [6.07, 6.45) is 0. The average molecular weight is 271 g/mol. The van der Waals surface area contributed by atoms with E-state index in [0.717, 1.165) is 11.8 Å². The molecule has 2 nitrogen and oxygen atoms in total. The zero-order valence-electron chi connectivity index (χ0n) is 10.2. The minimum atomic E-state index is -0.343. The molecule has 0 spiro atoms. The van der Waals surface area contributed by atoms with Gasteiger partial charge in [-0.25, -0.2) is 4.39 Å². The van der Waals surface area contributed by atoms with Crippen LogP contribution in [0.25, 0.3) is 0 Å². The molecule has 0 amide bonds. The molecule has 2 aromatic carbocycles. The van der Waals surface area contributed by atoms with E-state index in [1.807, 2.05) is 6.07 Å². The molecular formula is C15H10FNOS. The van der Waals surface area contributed by atoms with Gasteiger partial charge in [-0.05, 0) is 37.3 Å². The Bertz CT molecular complexity index is 676. The molecule has 0 saturated heterocycles. The van der Waals surface area contributed by atoms with Gasteiger partial charge in [0.1, 0.15) is 5.82 Å². The van der Waals surface area contributed by atoms with E-state index in [9.17, 15) is 9.18 Å². The molecule has 0 saturated carbocycles. The molecule has 0 aliphatic carbocycles. The van der Waals surface area contributed by atoms with Crippen LogP contribution in [0.4, 0.5) is 4.39 Å². The maximum Gasteiger partial charge on any atom is 0.160 e. The Kier molecular flexibility index (Phi) is 3.98. The highest BCUT2D eigenvalue weighted by Crippen LogP contribution is 2.33. The fourth-order valence-corrected chi connectivity index (χ4v) is 2.67. The number of carbonyl (C=O) groups is 1. The third-order valence-corrected chi connectivity index (χ3v) is 3.66. The normalized spacial score (nSPS) is 9.95. The molecule has 4 heteroatoms. The van der Waals surface area contributed by atoms with Gasteiger partial charge in [0.15, 0.2) is 5.78 Å². The summed E-state index contributed by atoms with van der Waals surface area (Å²) in [5.74, 6) is -0.451. The van der Waals surface area contributed by atoms with Crippen molar-refractivity contribution in [2.45, 2.75) is 16.7 Å². The highest BCUT2D eigenvalue weighted by atomic mass is 32.2. The molecule has 0 aliphatic rings. The lowest BCUT2D eigenvalue weighted by Gasteiger charge is -2.07. The van der Waals surface area contributed by atoms with Gasteiger partial charge < -0.3 is 0 Å². The Balaban J connectivity index is 2.46. The largest absolute Gasteiger partial charge is 0.294 e. The predicted molar refractivity (Wildman–Crippen MR) is 71.7 cm³/mol. The number of nitrogens with zero attached hydrogens (tertiary/aromatic N) is 1. The van der Waals surface area contributed by atoms with Gasteiger partial charge >= 0.3 is 0 Å². The molecule has 0 unspecified atom stereocenters. The van der Waals surface area contributed by atoms with Crippen molar-refractivity contribution in [2.75, 3.05) is 0 Å². The van der Waals surface area contributed by atoms with Crippen molar-refractivity contribution in [3.63, 3.8) is 0 Å². The Morgan fingerprint density at radius 3 is 2.58 bits per heavy atom. The fraction of sp³-hybridized carbons (Fsp3) is 0.0667. The van der Waals surface area contributed by atoms with Gasteiger partial charge in [-0.1, -0.05) is 23.9 Å². The van der Waals surface area contributed by atoms with Crippen LogP contribution in [-0.2, 0) is 0 Å². The molecule has 0 bridgehead atoms. The lowest BCUT2D eigenvalue weighted by Crippen LogP contribution is -1.96. The Hall–Kier alpha value is -2.12. The van der Waals surface area contributed by atoms with Crippen LogP contribution in [0.1, 0.15) is 22.8 Å². The van der Waals surface area contributed by atoms with E-state index in [2.05, 4.69) is 0 Å². The van der Waals surface area contributed by atoms with Crippen LogP contribution in [0.2, 0.25) is 0 Å². The first-order chi connectivity index (χ1) is 9.11. The van der Waals surface area contributed by atoms with Crippen LogP contribution >= 0.6 is 11.8 Å². The van der Waals surface area contributed by atoms with Crippen LogP contribution in [0, 0.1) is 17.1 Å². The monoisotopic (exact) mass is 271 g/mol.